The predicted octanol–water partition coefficient (Wildman–Crippen LogP) is 3.30. The fraction of sp³-hybridized carbons (Fsp3) is 0.273. The van der Waals surface area contributed by atoms with Gasteiger partial charge in [-0.05, 0) is 42.7 Å². The highest BCUT2D eigenvalue weighted by atomic mass is 19.1. The molecular formula is C22H22FN3O3. The van der Waals surface area contributed by atoms with Gasteiger partial charge in [-0.2, -0.15) is 5.10 Å². The van der Waals surface area contributed by atoms with Gasteiger partial charge in [0.2, 0.25) is 0 Å². The molecule has 2 heterocycles. The minimum Gasteiger partial charge on any atom is -0.504 e. The van der Waals surface area contributed by atoms with E-state index in [4.69, 9.17) is 0 Å². The second-order valence-corrected chi connectivity index (χ2v) is 7.29. The van der Waals surface area contributed by atoms with Crippen LogP contribution in [0.4, 0.5) is 4.39 Å². The van der Waals surface area contributed by atoms with Crippen LogP contribution in [0.2, 0.25) is 0 Å². The van der Waals surface area contributed by atoms with Crippen molar-refractivity contribution in [2.45, 2.75) is 18.9 Å². The Morgan fingerprint density at radius 2 is 1.86 bits per heavy atom. The highest BCUT2D eigenvalue weighted by Gasteiger charge is 2.31. The number of hydrogen-bond donors (Lipinski definition) is 2. The summed E-state index contributed by atoms with van der Waals surface area (Å²) < 4.78 is 14.5. The van der Waals surface area contributed by atoms with Crippen LogP contribution < -0.4 is 0 Å². The molecule has 0 saturated carbocycles. The van der Waals surface area contributed by atoms with Crippen LogP contribution in [0, 0.1) is 11.7 Å². The SMILES string of the molecule is O=C(c1nn(-c2ccc(F)cc2)cc1O)N1CCCC(C(O)c2ccccc2)C1. The minimum absolute atomic E-state index is 0.0517. The second-order valence-electron chi connectivity index (χ2n) is 7.29. The van der Waals surface area contributed by atoms with Crippen LogP contribution in [0.15, 0.2) is 60.8 Å². The van der Waals surface area contributed by atoms with E-state index in [0.717, 1.165) is 18.4 Å². The number of hydrogen-bond acceptors (Lipinski definition) is 4. The van der Waals surface area contributed by atoms with Gasteiger partial charge in [-0.3, -0.25) is 4.79 Å². The Labute approximate surface area is 167 Å². The number of benzene rings is 2. The van der Waals surface area contributed by atoms with Crippen LogP contribution in [0.1, 0.15) is 35.0 Å². The van der Waals surface area contributed by atoms with Gasteiger partial charge in [0.15, 0.2) is 11.4 Å². The molecule has 4 rings (SSSR count). The van der Waals surface area contributed by atoms with E-state index in [9.17, 15) is 19.4 Å². The number of amides is 1. The first-order valence-corrected chi connectivity index (χ1v) is 9.60. The first-order valence-electron chi connectivity index (χ1n) is 9.60. The molecule has 2 N–H and O–H groups in total. The lowest BCUT2D eigenvalue weighted by atomic mass is 9.88. The zero-order valence-corrected chi connectivity index (χ0v) is 15.8. The van der Waals surface area contributed by atoms with Crippen LogP contribution >= 0.6 is 0 Å². The number of halogens is 1. The largest absolute Gasteiger partial charge is 0.504 e. The molecule has 1 aromatic heterocycles. The molecular weight excluding hydrogens is 373 g/mol. The number of aromatic hydroxyl groups is 1. The normalized spacial score (nSPS) is 17.9. The highest BCUT2D eigenvalue weighted by Crippen LogP contribution is 2.31. The topological polar surface area (TPSA) is 78.6 Å². The van der Waals surface area contributed by atoms with Crippen molar-refractivity contribution < 1.29 is 19.4 Å². The van der Waals surface area contributed by atoms with E-state index >= 15 is 0 Å². The van der Waals surface area contributed by atoms with Gasteiger partial charge in [0, 0.05) is 19.0 Å². The summed E-state index contributed by atoms with van der Waals surface area (Å²) in [7, 11) is 0. The molecule has 0 aliphatic carbocycles. The van der Waals surface area contributed by atoms with E-state index in [0.29, 0.717) is 18.8 Å². The molecule has 1 amide bonds. The van der Waals surface area contributed by atoms with E-state index in [1.807, 2.05) is 30.3 Å². The average molecular weight is 395 g/mol. The van der Waals surface area contributed by atoms with Gasteiger partial charge in [0.1, 0.15) is 5.82 Å². The Bertz CT molecular complexity index is 988. The van der Waals surface area contributed by atoms with Crippen molar-refractivity contribution in [2.24, 2.45) is 5.92 Å². The summed E-state index contributed by atoms with van der Waals surface area (Å²) in [6.45, 7) is 0.928. The van der Waals surface area contributed by atoms with Crippen LogP contribution in [0.25, 0.3) is 5.69 Å². The summed E-state index contributed by atoms with van der Waals surface area (Å²) >= 11 is 0. The van der Waals surface area contributed by atoms with Crippen LogP contribution in [0.3, 0.4) is 0 Å². The lowest BCUT2D eigenvalue weighted by Crippen LogP contribution is -2.41. The smallest absolute Gasteiger partial charge is 0.278 e. The van der Waals surface area contributed by atoms with E-state index in [1.165, 1.54) is 35.1 Å². The molecule has 1 aliphatic rings. The number of nitrogens with zero attached hydrogens (tertiary/aromatic N) is 3. The molecule has 0 radical (unpaired) electrons. The fourth-order valence-corrected chi connectivity index (χ4v) is 3.77. The maximum Gasteiger partial charge on any atom is 0.278 e. The summed E-state index contributed by atoms with van der Waals surface area (Å²) in [5.74, 6) is -1.08. The molecule has 3 aromatic rings. The number of aliphatic hydroxyl groups is 1. The van der Waals surface area contributed by atoms with Crippen LogP contribution in [-0.4, -0.2) is 43.9 Å². The summed E-state index contributed by atoms with van der Waals surface area (Å²) in [4.78, 5) is 14.6. The Kier molecular flexibility index (Phi) is 5.31. The summed E-state index contributed by atoms with van der Waals surface area (Å²) in [6.07, 6.45) is 2.26. The molecule has 29 heavy (non-hydrogen) atoms. The molecule has 7 heteroatoms. The highest BCUT2D eigenvalue weighted by molar-refractivity contribution is 5.95. The Balaban J connectivity index is 1.51. The van der Waals surface area contributed by atoms with E-state index in [-0.39, 0.29) is 29.1 Å². The van der Waals surface area contributed by atoms with Gasteiger partial charge < -0.3 is 15.1 Å². The third-order valence-corrected chi connectivity index (χ3v) is 5.32. The quantitative estimate of drug-likeness (QED) is 0.711. The lowest BCUT2D eigenvalue weighted by molar-refractivity contribution is 0.0395. The standard InChI is InChI=1S/C22H22FN3O3/c23-17-8-10-18(11-9-17)26-14-19(27)20(24-26)22(29)25-12-4-7-16(13-25)21(28)15-5-2-1-3-6-15/h1-3,5-6,8-11,14,16,21,27-28H,4,7,12-13H2. The minimum atomic E-state index is -0.655. The van der Waals surface area contributed by atoms with E-state index in [1.54, 1.807) is 4.90 Å². The Morgan fingerprint density at radius 1 is 1.14 bits per heavy atom. The number of piperidine rings is 1. The van der Waals surface area contributed by atoms with Crippen LogP contribution in [-0.2, 0) is 0 Å². The zero-order chi connectivity index (χ0) is 20.4. The van der Waals surface area contributed by atoms with Crippen molar-refractivity contribution in [3.63, 3.8) is 0 Å². The summed E-state index contributed by atoms with van der Waals surface area (Å²) in [5.41, 5.74) is 1.32. The first kappa shape index (κ1) is 19.1. The van der Waals surface area contributed by atoms with Gasteiger partial charge in [0.25, 0.3) is 5.91 Å². The van der Waals surface area contributed by atoms with Crippen molar-refractivity contribution >= 4 is 5.91 Å². The maximum absolute atomic E-state index is 13.1. The number of aliphatic hydroxyl groups excluding tert-OH is 1. The molecule has 2 atom stereocenters. The molecule has 150 valence electrons. The van der Waals surface area contributed by atoms with Crippen molar-refractivity contribution in [3.8, 4) is 11.4 Å². The average Bonchev–Trinajstić information content (AvgIpc) is 3.15. The van der Waals surface area contributed by atoms with E-state index < -0.39 is 6.10 Å². The monoisotopic (exact) mass is 395 g/mol. The van der Waals surface area contributed by atoms with Gasteiger partial charge in [0.05, 0.1) is 18.0 Å². The van der Waals surface area contributed by atoms with Gasteiger partial charge in [-0.25, -0.2) is 9.07 Å². The number of carbonyl (C=O) groups is 1. The fourth-order valence-electron chi connectivity index (χ4n) is 3.77. The third-order valence-electron chi connectivity index (χ3n) is 5.32. The molecule has 0 bridgehead atoms. The molecule has 1 saturated heterocycles. The summed E-state index contributed by atoms with van der Waals surface area (Å²) in [6, 6.07) is 15.0. The molecule has 1 aliphatic heterocycles. The van der Waals surface area contributed by atoms with Crippen LogP contribution in [0.5, 0.6) is 5.75 Å². The summed E-state index contributed by atoms with van der Waals surface area (Å²) in [5, 5.41) is 25.2. The van der Waals surface area contributed by atoms with Crippen molar-refractivity contribution in [3.05, 3.63) is 77.9 Å². The van der Waals surface area contributed by atoms with Crippen molar-refractivity contribution in [2.75, 3.05) is 13.1 Å². The predicted molar refractivity (Wildman–Crippen MR) is 105 cm³/mol. The zero-order valence-electron chi connectivity index (χ0n) is 15.8. The van der Waals surface area contributed by atoms with Gasteiger partial charge in [-0.15, -0.1) is 0 Å². The number of rotatable bonds is 4. The second kappa shape index (κ2) is 8.05. The number of carbonyl (C=O) groups excluding carboxylic acids is 1. The molecule has 2 unspecified atom stereocenters. The number of likely N-dealkylation sites (tertiary alicyclic amines) is 1. The van der Waals surface area contributed by atoms with E-state index in [2.05, 4.69) is 5.10 Å². The lowest BCUT2D eigenvalue weighted by Gasteiger charge is -2.35. The first-order chi connectivity index (χ1) is 14.0. The van der Waals surface area contributed by atoms with Crippen molar-refractivity contribution in [1.82, 2.24) is 14.7 Å². The molecule has 6 nitrogen and oxygen atoms in total. The number of aromatic nitrogens is 2. The van der Waals surface area contributed by atoms with Gasteiger partial charge >= 0.3 is 0 Å². The maximum atomic E-state index is 13.1. The Morgan fingerprint density at radius 3 is 2.59 bits per heavy atom. The van der Waals surface area contributed by atoms with Gasteiger partial charge in [-0.1, -0.05) is 30.3 Å². The molecule has 2 aromatic carbocycles. The molecule has 1 fully saturated rings. The molecule has 0 spiro atoms. The Hall–Kier alpha value is -3.19. The van der Waals surface area contributed by atoms with Crippen molar-refractivity contribution in [1.29, 1.82) is 0 Å². The third kappa shape index (κ3) is 4.00.